The largest absolute Gasteiger partial charge is 0.478 e. The van der Waals surface area contributed by atoms with E-state index >= 15 is 0 Å². The molecule has 18 heavy (non-hydrogen) atoms. The van der Waals surface area contributed by atoms with Crippen LogP contribution in [0.3, 0.4) is 0 Å². The maximum absolute atomic E-state index is 12.3. The molecule has 0 spiro atoms. The Morgan fingerprint density at radius 2 is 1.94 bits per heavy atom. The zero-order valence-corrected chi connectivity index (χ0v) is 10.9. The fraction of sp³-hybridized carbons (Fsp3) is 0.429. The van der Waals surface area contributed by atoms with Crippen molar-refractivity contribution in [1.82, 2.24) is 0 Å². The quantitative estimate of drug-likeness (QED) is 0.828. The second kappa shape index (κ2) is 4.12. The van der Waals surface area contributed by atoms with Gasteiger partial charge < -0.3 is 10.0 Å². The van der Waals surface area contributed by atoms with E-state index in [0.717, 1.165) is 17.7 Å². The van der Waals surface area contributed by atoms with Crippen LogP contribution in [0.4, 0.5) is 5.69 Å². The number of benzene rings is 1. The lowest BCUT2D eigenvalue weighted by Crippen LogP contribution is -2.38. The van der Waals surface area contributed by atoms with E-state index in [1.54, 1.807) is 23.1 Å². The first-order valence-corrected chi connectivity index (χ1v) is 5.99. The van der Waals surface area contributed by atoms with E-state index in [4.69, 9.17) is 5.11 Å². The molecule has 1 aromatic carbocycles. The summed E-state index contributed by atoms with van der Waals surface area (Å²) in [6.45, 7) is 6.30. The molecule has 1 aliphatic heterocycles. The standard InChI is InChI=1S/C14H17NO3/c1-14(2,3)13(18)15-7-6-9-8-10(12(16)17)4-5-11(9)15/h4-5,8H,6-7H2,1-3H3,(H,16,17). The van der Waals surface area contributed by atoms with Crippen molar-refractivity contribution in [3.05, 3.63) is 29.3 Å². The number of amides is 1. The molecule has 0 aromatic heterocycles. The molecule has 4 heteroatoms. The van der Waals surface area contributed by atoms with Gasteiger partial charge in [-0.1, -0.05) is 20.8 Å². The number of hydrogen-bond acceptors (Lipinski definition) is 2. The number of carbonyl (C=O) groups is 2. The summed E-state index contributed by atoms with van der Waals surface area (Å²) in [5, 5.41) is 8.94. The summed E-state index contributed by atoms with van der Waals surface area (Å²) in [7, 11) is 0. The van der Waals surface area contributed by atoms with E-state index < -0.39 is 11.4 Å². The van der Waals surface area contributed by atoms with Crippen LogP contribution in [0.5, 0.6) is 0 Å². The lowest BCUT2D eigenvalue weighted by atomic mass is 9.94. The van der Waals surface area contributed by atoms with Gasteiger partial charge in [0, 0.05) is 17.6 Å². The highest BCUT2D eigenvalue weighted by molar-refractivity contribution is 5.99. The van der Waals surface area contributed by atoms with Crippen molar-refractivity contribution in [3.63, 3.8) is 0 Å². The van der Waals surface area contributed by atoms with Crippen molar-refractivity contribution in [2.75, 3.05) is 11.4 Å². The van der Waals surface area contributed by atoms with Gasteiger partial charge in [-0.3, -0.25) is 4.79 Å². The second-order valence-corrected chi connectivity index (χ2v) is 5.61. The molecule has 0 radical (unpaired) electrons. The van der Waals surface area contributed by atoms with E-state index in [-0.39, 0.29) is 11.5 Å². The van der Waals surface area contributed by atoms with Gasteiger partial charge in [0.15, 0.2) is 0 Å². The Labute approximate surface area is 106 Å². The summed E-state index contributed by atoms with van der Waals surface area (Å²) in [5.74, 6) is -0.859. The van der Waals surface area contributed by atoms with Crippen molar-refractivity contribution in [2.24, 2.45) is 5.41 Å². The normalized spacial score (nSPS) is 14.5. The van der Waals surface area contributed by atoms with Crippen molar-refractivity contribution in [2.45, 2.75) is 27.2 Å². The molecule has 0 bridgehead atoms. The van der Waals surface area contributed by atoms with Crippen LogP contribution in [-0.2, 0) is 11.2 Å². The van der Waals surface area contributed by atoms with E-state index in [0.29, 0.717) is 6.54 Å². The molecule has 0 saturated carbocycles. The molecule has 0 aliphatic carbocycles. The zero-order valence-electron chi connectivity index (χ0n) is 10.9. The number of carboxylic acids is 1. The Kier molecular flexibility index (Phi) is 2.89. The van der Waals surface area contributed by atoms with Gasteiger partial charge in [-0.2, -0.15) is 0 Å². The van der Waals surface area contributed by atoms with E-state index in [1.165, 1.54) is 0 Å². The van der Waals surface area contributed by atoms with Gasteiger partial charge >= 0.3 is 5.97 Å². The van der Waals surface area contributed by atoms with Crippen LogP contribution in [0.25, 0.3) is 0 Å². The van der Waals surface area contributed by atoms with Gasteiger partial charge in [0.1, 0.15) is 0 Å². The molecular weight excluding hydrogens is 230 g/mol. The minimum Gasteiger partial charge on any atom is -0.478 e. The average molecular weight is 247 g/mol. The van der Waals surface area contributed by atoms with Crippen molar-refractivity contribution in [3.8, 4) is 0 Å². The lowest BCUT2D eigenvalue weighted by Gasteiger charge is -2.26. The van der Waals surface area contributed by atoms with Crippen LogP contribution in [0.1, 0.15) is 36.7 Å². The van der Waals surface area contributed by atoms with Crippen LogP contribution in [0.2, 0.25) is 0 Å². The number of rotatable bonds is 1. The fourth-order valence-corrected chi connectivity index (χ4v) is 2.15. The Bertz CT molecular complexity index is 514. The van der Waals surface area contributed by atoms with Gasteiger partial charge in [-0.05, 0) is 30.2 Å². The third-order valence-electron chi connectivity index (χ3n) is 3.11. The van der Waals surface area contributed by atoms with Crippen LogP contribution >= 0.6 is 0 Å². The highest BCUT2D eigenvalue weighted by atomic mass is 16.4. The molecule has 1 aliphatic rings. The highest BCUT2D eigenvalue weighted by Crippen LogP contribution is 2.32. The number of hydrogen-bond donors (Lipinski definition) is 1. The zero-order chi connectivity index (χ0) is 13.5. The minimum absolute atomic E-state index is 0.0734. The van der Waals surface area contributed by atoms with Gasteiger partial charge in [0.2, 0.25) is 5.91 Å². The van der Waals surface area contributed by atoms with Gasteiger partial charge in [0.25, 0.3) is 0 Å². The summed E-state index contributed by atoms with van der Waals surface area (Å²) in [6, 6.07) is 4.94. The predicted molar refractivity (Wildman–Crippen MR) is 68.9 cm³/mol. The second-order valence-electron chi connectivity index (χ2n) is 5.61. The van der Waals surface area contributed by atoms with Crippen molar-refractivity contribution < 1.29 is 14.7 Å². The van der Waals surface area contributed by atoms with E-state index in [1.807, 2.05) is 20.8 Å². The SMILES string of the molecule is CC(C)(C)C(=O)N1CCc2cc(C(=O)O)ccc21. The summed E-state index contributed by atoms with van der Waals surface area (Å²) in [5.41, 5.74) is 1.64. The monoisotopic (exact) mass is 247 g/mol. The Hall–Kier alpha value is -1.84. The number of anilines is 1. The molecule has 1 amide bonds. The molecule has 0 atom stereocenters. The molecule has 1 N–H and O–H groups in total. The van der Waals surface area contributed by atoms with Crippen LogP contribution in [0, 0.1) is 5.41 Å². The third-order valence-corrected chi connectivity index (χ3v) is 3.11. The third kappa shape index (κ3) is 2.10. The molecule has 0 fully saturated rings. The first kappa shape index (κ1) is 12.6. The lowest BCUT2D eigenvalue weighted by molar-refractivity contribution is -0.125. The number of nitrogens with zero attached hydrogens (tertiary/aromatic N) is 1. The van der Waals surface area contributed by atoms with E-state index in [2.05, 4.69) is 0 Å². The molecule has 1 aromatic rings. The van der Waals surface area contributed by atoms with Crippen molar-refractivity contribution in [1.29, 1.82) is 0 Å². The first-order valence-electron chi connectivity index (χ1n) is 5.99. The Morgan fingerprint density at radius 3 is 2.50 bits per heavy atom. The topological polar surface area (TPSA) is 57.6 Å². The molecule has 4 nitrogen and oxygen atoms in total. The Balaban J connectivity index is 2.35. The average Bonchev–Trinajstić information content (AvgIpc) is 2.68. The summed E-state index contributed by atoms with van der Waals surface area (Å²) >= 11 is 0. The Morgan fingerprint density at radius 1 is 1.28 bits per heavy atom. The molecule has 2 rings (SSSR count). The predicted octanol–water partition coefficient (Wildman–Crippen LogP) is 2.32. The molecule has 0 saturated heterocycles. The molecule has 96 valence electrons. The minimum atomic E-state index is -0.932. The van der Waals surface area contributed by atoms with Gasteiger partial charge in [0.05, 0.1) is 5.56 Å². The van der Waals surface area contributed by atoms with Crippen LogP contribution in [0.15, 0.2) is 18.2 Å². The van der Waals surface area contributed by atoms with E-state index in [9.17, 15) is 9.59 Å². The smallest absolute Gasteiger partial charge is 0.335 e. The van der Waals surface area contributed by atoms with Gasteiger partial charge in [-0.25, -0.2) is 4.79 Å². The summed E-state index contributed by atoms with van der Waals surface area (Å²) < 4.78 is 0. The fourth-order valence-electron chi connectivity index (χ4n) is 2.15. The van der Waals surface area contributed by atoms with Gasteiger partial charge in [-0.15, -0.1) is 0 Å². The number of aromatic carboxylic acids is 1. The number of fused-ring (bicyclic) bond motifs is 1. The number of carboxylic acid groups (broad SMARTS) is 1. The maximum atomic E-state index is 12.3. The maximum Gasteiger partial charge on any atom is 0.335 e. The van der Waals surface area contributed by atoms with Crippen LogP contribution in [-0.4, -0.2) is 23.5 Å². The van der Waals surface area contributed by atoms with Crippen molar-refractivity contribution >= 4 is 17.6 Å². The molecule has 0 unspecified atom stereocenters. The van der Waals surface area contributed by atoms with Crippen LogP contribution < -0.4 is 4.90 Å². The number of carbonyl (C=O) groups excluding carboxylic acids is 1. The summed E-state index contributed by atoms with van der Waals surface area (Å²) in [6.07, 6.45) is 0.721. The summed E-state index contributed by atoms with van der Waals surface area (Å²) in [4.78, 5) is 24.9. The molecule has 1 heterocycles. The highest BCUT2D eigenvalue weighted by Gasteiger charge is 2.32. The molecular formula is C14H17NO3. The first-order chi connectivity index (χ1) is 8.30.